The van der Waals surface area contributed by atoms with E-state index < -0.39 is 6.10 Å². The Balaban J connectivity index is 2.74. The number of amides is 1. The van der Waals surface area contributed by atoms with E-state index in [-0.39, 0.29) is 12.5 Å². The van der Waals surface area contributed by atoms with E-state index in [0.717, 1.165) is 4.47 Å². The Morgan fingerprint density at radius 2 is 2.33 bits per heavy atom. The summed E-state index contributed by atoms with van der Waals surface area (Å²) in [6, 6.07) is 5.02. The van der Waals surface area contributed by atoms with Crippen LogP contribution in [0, 0.1) is 0 Å². The van der Waals surface area contributed by atoms with Crippen molar-refractivity contribution in [2.75, 3.05) is 6.54 Å². The molecule has 0 aliphatic carbocycles. The van der Waals surface area contributed by atoms with Gasteiger partial charge in [-0.05, 0) is 25.1 Å². The Hall–Kier alpha value is -0.580. The molecule has 0 aliphatic heterocycles. The van der Waals surface area contributed by atoms with E-state index in [4.69, 9.17) is 16.7 Å². The lowest BCUT2D eigenvalue weighted by Gasteiger charge is -2.08. The van der Waals surface area contributed by atoms with Crippen molar-refractivity contribution < 1.29 is 9.90 Å². The van der Waals surface area contributed by atoms with E-state index in [0.29, 0.717) is 10.6 Å². The van der Waals surface area contributed by atoms with Gasteiger partial charge in [0.15, 0.2) is 0 Å². The number of hydrogen-bond acceptors (Lipinski definition) is 2. The van der Waals surface area contributed by atoms with Gasteiger partial charge in [0, 0.05) is 11.0 Å². The molecule has 0 bridgehead atoms. The zero-order valence-corrected chi connectivity index (χ0v) is 10.5. The van der Waals surface area contributed by atoms with Gasteiger partial charge < -0.3 is 10.4 Å². The van der Waals surface area contributed by atoms with E-state index in [2.05, 4.69) is 21.2 Å². The number of rotatable bonds is 3. The topological polar surface area (TPSA) is 49.3 Å². The summed E-state index contributed by atoms with van der Waals surface area (Å²) in [7, 11) is 0. The maximum atomic E-state index is 11.6. The molecule has 1 aromatic carbocycles. The predicted molar refractivity (Wildman–Crippen MR) is 63.2 cm³/mol. The molecule has 0 saturated carbocycles. The van der Waals surface area contributed by atoms with Crippen molar-refractivity contribution in [2.45, 2.75) is 13.0 Å². The summed E-state index contributed by atoms with van der Waals surface area (Å²) in [5, 5.41) is 12.0. The minimum Gasteiger partial charge on any atom is -0.392 e. The van der Waals surface area contributed by atoms with Gasteiger partial charge in [-0.15, -0.1) is 0 Å². The third-order valence-electron chi connectivity index (χ3n) is 1.73. The molecule has 0 heterocycles. The average molecular weight is 293 g/mol. The fourth-order valence-corrected chi connectivity index (χ4v) is 1.77. The van der Waals surface area contributed by atoms with Crippen LogP contribution in [-0.4, -0.2) is 23.7 Å². The first-order chi connectivity index (χ1) is 7.00. The second-order valence-corrected chi connectivity index (χ2v) is 4.51. The van der Waals surface area contributed by atoms with E-state index in [9.17, 15) is 4.79 Å². The van der Waals surface area contributed by atoms with Crippen LogP contribution in [0.5, 0.6) is 0 Å². The van der Waals surface area contributed by atoms with E-state index >= 15 is 0 Å². The predicted octanol–water partition coefficient (Wildman–Crippen LogP) is 2.21. The molecule has 0 radical (unpaired) electrons. The number of benzene rings is 1. The minimum absolute atomic E-state index is 0.214. The van der Waals surface area contributed by atoms with Crippen LogP contribution in [-0.2, 0) is 0 Å². The van der Waals surface area contributed by atoms with Crippen molar-refractivity contribution in [1.82, 2.24) is 5.32 Å². The minimum atomic E-state index is -0.567. The smallest absolute Gasteiger partial charge is 0.252 e. The van der Waals surface area contributed by atoms with Crippen molar-refractivity contribution in [3.63, 3.8) is 0 Å². The number of nitrogens with one attached hydrogen (secondary N) is 1. The molecule has 82 valence electrons. The van der Waals surface area contributed by atoms with Crippen molar-refractivity contribution >= 4 is 33.4 Å². The molecular formula is C10H11BrClNO2. The normalized spacial score (nSPS) is 12.3. The van der Waals surface area contributed by atoms with Crippen molar-refractivity contribution in [1.29, 1.82) is 0 Å². The zero-order chi connectivity index (χ0) is 11.4. The van der Waals surface area contributed by atoms with Gasteiger partial charge >= 0.3 is 0 Å². The highest BCUT2D eigenvalue weighted by Gasteiger charge is 2.10. The molecule has 0 unspecified atom stereocenters. The molecule has 0 saturated heterocycles. The fraction of sp³-hybridized carbons (Fsp3) is 0.300. The van der Waals surface area contributed by atoms with Gasteiger partial charge in [-0.1, -0.05) is 27.5 Å². The van der Waals surface area contributed by atoms with Gasteiger partial charge in [0.05, 0.1) is 16.7 Å². The highest BCUT2D eigenvalue weighted by atomic mass is 79.9. The molecule has 3 nitrogen and oxygen atoms in total. The molecule has 1 rings (SSSR count). The van der Waals surface area contributed by atoms with Crippen molar-refractivity contribution in [3.8, 4) is 0 Å². The molecule has 5 heteroatoms. The van der Waals surface area contributed by atoms with Crippen LogP contribution >= 0.6 is 27.5 Å². The monoisotopic (exact) mass is 291 g/mol. The summed E-state index contributed by atoms with van der Waals surface area (Å²) in [4.78, 5) is 11.6. The van der Waals surface area contributed by atoms with Gasteiger partial charge in [-0.3, -0.25) is 4.79 Å². The summed E-state index contributed by atoms with van der Waals surface area (Å²) in [5.74, 6) is -0.284. The Kier molecular flexibility index (Phi) is 4.57. The third-order valence-corrected chi connectivity index (χ3v) is 2.54. The molecule has 1 aromatic rings. The molecule has 2 N–H and O–H groups in total. The molecule has 15 heavy (non-hydrogen) atoms. The Morgan fingerprint density at radius 3 is 2.87 bits per heavy atom. The average Bonchev–Trinajstić information content (AvgIpc) is 2.14. The molecule has 0 aliphatic rings. The Bertz CT molecular complexity index is 368. The number of carbonyl (C=O) groups excluding carboxylic acids is 1. The van der Waals surface area contributed by atoms with Gasteiger partial charge in [-0.2, -0.15) is 0 Å². The number of carbonyl (C=O) groups is 1. The molecular weight excluding hydrogens is 281 g/mol. The maximum absolute atomic E-state index is 11.6. The quantitative estimate of drug-likeness (QED) is 0.897. The van der Waals surface area contributed by atoms with Crippen LogP contribution in [0.4, 0.5) is 0 Å². The van der Waals surface area contributed by atoms with Gasteiger partial charge in [0.2, 0.25) is 0 Å². The first-order valence-corrected chi connectivity index (χ1v) is 5.59. The summed E-state index contributed by atoms with van der Waals surface area (Å²) in [6.45, 7) is 1.81. The molecule has 0 aromatic heterocycles. The summed E-state index contributed by atoms with van der Waals surface area (Å²) in [5.41, 5.74) is 0.403. The number of hydrogen-bond donors (Lipinski definition) is 2. The van der Waals surface area contributed by atoms with Crippen LogP contribution in [0.15, 0.2) is 22.7 Å². The molecule has 1 atom stereocenters. The van der Waals surface area contributed by atoms with Gasteiger partial charge in [-0.25, -0.2) is 0 Å². The standard InChI is InChI=1S/C10H11BrClNO2/c1-6(14)5-13-10(15)8-3-2-7(11)4-9(8)12/h2-4,6,14H,5H2,1H3,(H,13,15)/t6-/m0/s1. The molecule has 0 spiro atoms. The summed E-state index contributed by atoms with van der Waals surface area (Å²) >= 11 is 9.14. The van der Waals surface area contributed by atoms with E-state index in [1.54, 1.807) is 25.1 Å². The summed E-state index contributed by atoms with van der Waals surface area (Å²) in [6.07, 6.45) is -0.567. The van der Waals surface area contributed by atoms with Crippen LogP contribution < -0.4 is 5.32 Å². The van der Waals surface area contributed by atoms with Crippen LogP contribution in [0.3, 0.4) is 0 Å². The SMILES string of the molecule is C[C@H](O)CNC(=O)c1ccc(Br)cc1Cl. The Labute approximate surface area is 102 Å². The van der Waals surface area contributed by atoms with Gasteiger partial charge in [0.1, 0.15) is 0 Å². The number of aliphatic hydroxyl groups excluding tert-OH is 1. The largest absolute Gasteiger partial charge is 0.392 e. The number of halogens is 2. The third kappa shape index (κ3) is 3.81. The fourth-order valence-electron chi connectivity index (χ4n) is 1.01. The second-order valence-electron chi connectivity index (χ2n) is 3.18. The van der Waals surface area contributed by atoms with Crippen LogP contribution in [0.2, 0.25) is 5.02 Å². The highest BCUT2D eigenvalue weighted by molar-refractivity contribution is 9.10. The highest BCUT2D eigenvalue weighted by Crippen LogP contribution is 2.21. The lowest BCUT2D eigenvalue weighted by Crippen LogP contribution is -2.30. The van der Waals surface area contributed by atoms with Gasteiger partial charge in [0.25, 0.3) is 5.91 Å². The van der Waals surface area contributed by atoms with Crippen LogP contribution in [0.25, 0.3) is 0 Å². The maximum Gasteiger partial charge on any atom is 0.252 e. The number of aliphatic hydroxyl groups is 1. The van der Waals surface area contributed by atoms with E-state index in [1.807, 2.05) is 0 Å². The first-order valence-electron chi connectivity index (χ1n) is 4.42. The second kappa shape index (κ2) is 5.49. The first kappa shape index (κ1) is 12.5. The van der Waals surface area contributed by atoms with Crippen molar-refractivity contribution in [2.24, 2.45) is 0 Å². The summed E-state index contributed by atoms with van der Waals surface area (Å²) < 4.78 is 0.819. The van der Waals surface area contributed by atoms with Crippen molar-refractivity contribution in [3.05, 3.63) is 33.3 Å². The van der Waals surface area contributed by atoms with E-state index in [1.165, 1.54) is 0 Å². The molecule has 0 fully saturated rings. The zero-order valence-electron chi connectivity index (χ0n) is 8.13. The lowest BCUT2D eigenvalue weighted by atomic mass is 10.2. The van der Waals surface area contributed by atoms with Crippen LogP contribution in [0.1, 0.15) is 17.3 Å². The molecule has 1 amide bonds. The lowest BCUT2D eigenvalue weighted by molar-refractivity contribution is 0.0924. The Morgan fingerprint density at radius 1 is 1.67 bits per heavy atom.